The highest BCUT2D eigenvalue weighted by atomic mass is 16.1. The van der Waals surface area contributed by atoms with Crippen LogP contribution in [0.4, 0.5) is 0 Å². The van der Waals surface area contributed by atoms with Crippen LogP contribution in [0.25, 0.3) is 0 Å². The largest absolute Gasteiger partial charge is 0.356 e. The highest BCUT2D eigenvalue weighted by molar-refractivity contribution is 5.76. The molecule has 0 bridgehead atoms. The molecule has 1 N–H and O–H groups in total. The van der Waals surface area contributed by atoms with E-state index in [1.165, 1.54) is 30.4 Å². The van der Waals surface area contributed by atoms with Crippen LogP contribution in [0.2, 0.25) is 0 Å². The number of amides is 1. The predicted octanol–water partition coefficient (Wildman–Crippen LogP) is 4.61. The molecule has 0 unspecified atom stereocenters. The van der Waals surface area contributed by atoms with Gasteiger partial charge in [0.15, 0.2) is 0 Å². The third-order valence-electron chi connectivity index (χ3n) is 3.81. The predicted molar refractivity (Wildman–Crippen MR) is 90.6 cm³/mol. The Kier molecular flexibility index (Phi) is 7.49. The van der Waals surface area contributed by atoms with Crippen molar-refractivity contribution in [2.75, 3.05) is 6.54 Å². The lowest BCUT2D eigenvalue weighted by Crippen LogP contribution is -2.24. The summed E-state index contributed by atoms with van der Waals surface area (Å²) >= 11 is 0. The number of hydrogen-bond donors (Lipinski definition) is 1. The van der Waals surface area contributed by atoms with E-state index in [0.717, 1.165) is 19.4 Å². The fourth-order valence-corrected chi connectivity index (χ4v) is 2.30. The van der Waals surface area contributed by atoms with Crippen LogP contribution in [-0.4, -0.2) is 12.5 Å². The van der Waals surface area contributed by atoms with E-state index in [-0.39, 0.29) is 11.3 Å². The standard InChI is InChI=1S/C19H31NO/c1-5-6-7-8-15-20-18(21)14-11-16-9-12-17(13-10-16)19(2,3)4/h9-10,12-13H,5-8,11,14-15H2,1-4H3,(H,20,21). The molecule has 0 aliphatic carbocycles. The molecule has 0 spiro atoms. The SMILES string of the molecule is CCCCCCNC(=O)CCc1ccc(C(C)(C)C)cc1. The number of hydrogen-bond acceptors (Lipinski definition) is 1. The molecule has 0 heterocycles. The number of benzene rings is 1. The van der Waals surface area contributed by atoms with Crippen LogP contribution in [0.15, 0.2) is 24.3 Å². The van der Waals surface area contributed by atoms with Crippen LogP contribution in [0.5, 0.6) is 0 Å². The molecule has 2 nitrogen and oxygen atoms in total. The van der Waals surface area contributed by atoms with Gasteiger partial charge < -0.3 is 5.32 Å². The van der Waals surface area contributed by atoms with E-state index in [1.807, 2.05) is 0 Å². The minimum Gasteiger partial charge on any atom is -0.356 e. The van der Waals surface area contributed by atoms with E-state index < -0.39 is 0 Å². The second-order valence-electron chi connectivity index (χ2n) is 6.86. The first-order chi connectivity index (χ1) is 9.93. The molecule has 1 amide bonds. The molecule has 0 aliphatic rings. The van der Waals surface area contributed by atoms with Crippen molar-refractivity contribution >= 4 is 5.91 Å². The number of rotatable bonds is 8. The lowest BCUT2D eigenvalue weighted by atomic mass is 9.86. The highest BCUT2D eigenvalue weighted by Gasteiger charge is 2.12. The molecular weight excluding hydrogens is 258 g/mol. The number of unbranched alkanes of at least 4 members (excludes halogenated alkanes) is 3. The first-order valence-corrected chi connectivity index (χ1v) is 8.29. The average molecular weight is 289 g/mol. The van der Waals surface area contributed by atoms with E-state index >= 15 is 0 Å². The topological polar surface area (TPSA) is 29.1 Å². The highest BCUT2D eigenvalue weighted by Crippen LogP contribution is 2.22. The quantitative estimate of drug-likeness (QED) is 0.695. The molecule has 2 heteroatoms. The van der Waals surface area contributed by atoms with Crippen molar-refractivity contribution in [1.29, 1.82) is 0 Å². The Morgan fingerprint density at radius 1 is 1.05 bits per heavy atom. The van der Waals surface area contributed by atoms with Crippen molar-refractivity contribution in [3.8, 4) is 0 Å². The number of aryl methyl sites for hydroxylation is 1. The summed E-state index contributed by atoms with van der Waals surface area (Å²) in [5, 5.41) is 3.01. The van der Waals surface area contributed by atoms with Gasteiger partial charge in [0.1, 0.15) is 0 Å². The molecule has 0 saturated heterocycles. The summed E-state index contributed by atoms with van der Waals surface area (Å²) in [7, 11) is 0. The summed E-state index contributed by atoms with van der Waals surface area (Å²) in [6, 6.07) is 8.65. The van der Waals surface area contributed by atoms with E-state index in [0.29, 0.717) is 6.42 Å². The zero-order valence-electron chi connectivity index (χ0n) is 14.2. The molecule has 118 valence electrons. The van der Waals surface area contributed by atoms with Crippen molar-refractivity contribution in [3.63, 3.8) is 0 Å². The normalized spacial score (nSPS) is 11.4. The van der Waals surface area contributed by atoms with Gasteiger partial charge in [0.05, 0.1) is 0 Å². The summed E-state index contributed by atoms with van der Waals surface area (Å²) in [5.41, 5.74) is 2.77. The fraction of sp³-hybridized carbons (Fsp3) is 0.632. The Hall–Kier alpha value is -1.31. The maximum Gasteiger partial charge on any atom is 0.220 e. The van der Waals surface area contributed by atoms with Crippen molar-refractivity contribution < 1.29 is 4.79 Å². The van der Waals surface area contributed by atoms with E-state index in [1.54, 1.807) is 0 Å². The minimum absolute atomic E-state index is 0.173. The molecule has 21 heavy (non-hydrogen) atoms. The number of carbonyl (C=O) groups is 1. The fourth-order valence-electron chi connectivity index (χ4n) is 2.30. The van der Waals surface area contributed by atoms with Crippen LogP contribution in [0.3, 0.4) is 0 Å². The van der Waals surface area contributed by atoms with E-state index in [2.05, 4.69) is 57.3 Å². The van der Waals surface area contributed by atoms with Crippen molar-refractivity contribution in [2.45, 2.75) is 71.6 Å². The van der Waals surface area contributed by atoms with Gasteiger partial charge in [-0.15, -0.1) is 0 Å². The van der Waals surface area contributed by atoms with Crippen molar-refractivity contribution in [1.82, 2.24) is 5.32 Å². The zero-order chi connectivity index (χ0) is 15.7. The summed E-state index contributed by atoms with van der Waals surface area (Å²) in [4.78, 5) is 11.8. The number of nitrogens with one attached hydrogen (secondary N) is 1. The van der Waals surface area contributed by atoms with E-state index in [9.17, 15) is 4.79 Å². The van der Waals surface area contributed by atoms with Gasteiger partial charge in [-0.05, 0) is 29.4 Å². The molecule has 1 rings (SSSR count). The molecule has 0 aliphatic heterocycles. The van der Waals surface area contributed by atoms with Crippen LogP contribution < -0.4 is 5.32 Å². The van der Waals surface area contributed by atoms with Crippen LogP contribution >= 0.6 is 0 Å². The molecule has 0 saturated carbocycles. The molecule has 1 aromatic carbocycles. The van der Waals surface area contributed by atoms with Crippen molar-refractivity contribution in [2.24, 2.45) is 0 Å². The zero-order valence-corrected chi connectivity index (χ0v) is 14.2. The van der Waals surface area contributed by atoms with Gasteiger partial charge in [-0.3, -0.25) is 4.79 Å². The summed E-state index contributed by atoms with van der Waals surface area (Å²) in [6.07, 6.45) is 6.22. The van der Waals surface area contributed by atoms with Gasteiger partial charge in [-0.1, -0.05) is 71.2 Å². The Balaban J connectivity index is 2.27. The summed E-state index contributed by atoms with van der Waals surface area (Å²) in [6.45, 7) is 9.67. The Morgan fingerprint density at radius 3 is 2.29 bits per heavy atom. The second kappa shape index (κ2) is 8.86. The van der Waals surface area contributed by atoms with Gasteiger partial charge in [0, 0.05) is 13.0 Å². The molecular formula is C19H31NO. The number of carbonyl (C=O) groups excluding carboxylic acids is 1. The maximum atomic E-state index is 11.8. The van der Waals surface area contributed by atoms with Gasteiger partial charge in [0.2, 0.25) is 5.91 Å². The lowest BCUT2D eigenvalue weighted by Gasteiger charge is -2.19. The molecule has 0 fully saturated rings. The van der Waals surface area contributed by atoms with Crippen molar-refractivity contribution in [3.05, 3.63) is 35.4 Å². The molecule has 1 aromatic rings. The van der Waals surface area contributed by atoms with Gasteiger partial charge in [-0.25, -0.2) is 0 Å². The molecule has 0 radical (unpaired) electrons. The Morgan fingerprint density at radius 2 is 1.71 bits per heavy atom. The van der Waals surface area contributed by atoms with Crippen LogP contribution in [0, 0.1) is 0 Å². The Bertz CT molecular complexity index is 414. The summed E-state index contributed by atoms with van der Waals surface area (Å²) < 4.78 is 0. The average Bonchev–Trinajstić information content (AvgIpc) is 2.44. The smallest absolute Gasteiger partial charge is 0.220 e. The van der Waals surface area contributed by atoms with Crippen LogP contribution in [0.1, 0.15) is 70.9 Å². The second-order valence-corrected chi connectivity index (χ2v) is 6.86. The summed E-state index contributed by atoms with van der Waals surface area (Å²) in [5.74, 6) is 0.173. The first-order valence-electron chi connectivity index (χ1n) is 8.29. The molecule has 0 atom stereocenters. The van der Waals surface area contributed by atoms with Gasteiger partial charge in [0.25, 0.3) is 0 Å². The van der Waals surface area contributed by atoms with Crippen LogP contribution in [-0.2, 0) is 16.6 Å². The molecule has 0 aromatic heterocycles. The first kappa shape index (κ1) is 17.7. The third kappa shape index (κ3) is 7.31. The maximum absolute atomic E-state index is 11.8. The van der Waals surface area contributed by atoms with E-state index in [4.69, 9.17) is 0 Å². The minimum atomic E-state index is 0.173. The lowest BCUT2D eigenvalue weighted by molar-refractivity contribution is -0.121. The monoisotopic (exact) mass is 289 g/mol. The van der Waals surface area contributed by atoms with Gasteiger partial charge in [-0.2, -0.15) is 0 Å². The third-order valence-corrected chi connectivity index (χ3v) is 3.81. The van der Waals surface area contributed by atoms with Gasteiger partial charge >= 0.3 is 0 Å². The Labute approximate surface area is 130 Å².